The molecule has 0 bridgehead atoms. The van der Waals surface area contributed by atoms with E-state index in [4.69, 9.17) is 4.74 Å². The SMILES string of the molecule is CCOc1cc(CNC(C)c2ccc(NC(=O)CC)cc2)ccc1OC(F)F. The molecule has 0 heterocycles. The third-order valence-electron chi connectivity index (χ3n) is 4.15. The summed E-state index contributed by atoms with van der Waals surface area (Å²) in [5, 5.41) is 6.20. The van der Waals surface area contributed by atoms with Crippen molar-refractivity contribution in [3.05, 3.63) is 53.6 Å². The maximum atomic E-state index is 12.5. The summed E-state index contributed by atoms with van der Waals surface area (Å²) in [6, 6.07) is 12.6. The molecular weight excluding hydrogens is 366 g/mol. The number of amides is 1. The molecule has 28 heavy (non-hydrogen) atoms. The molecule has 0 aliphatic carbocycles. The zero-order chi connectivity index (χ0) is 20.5. The molecule has 0 aliphatic rings. The smallest absolute Gasteiger partial charge is 0.387 e. The zero-order valence-electron chi connectivity index (χ0n) is 16.3. The second-order valence-corrected chi connectivity index (χ2v) is 6.22. The van der Waals surface area contributed by atoms with E-state index >= 15 is 0 Å². The van der Waals surface area contributed by atoms with Crippen molar-refractivity contribution in [1.82, 2.24) is 5.32 Å². The van der Waals surface area contributed by atoms with E-state index in [0.29, 0.717) is 25.3 Å². The molecular formula is C21H26F2N2O3. The number of benzene rings is 2. The first-order valence-corrected chi connectivity index (χ1v) is 9.26. The summed E-state index contributed by atoms with van der Waals surface area (Å²) in [5.41, 5.74) is 2.72. The summed E-state index contributed by atoms with van der Waals surface area (Å²) in [6.45, 7) is 3.61. The Hall–Kier alpha value is -2.67. The third-order valence-corrected chi connectivity index (χ3v) is 4.15. The number of ether oxygens (including phenoxy) is 2. The van der Waals surface area contributed by atoms with Crippen LogP contribution in [0.5, 0.6) is 11.5 Å². The number of carbonyl (C=O) groups is 1. The molecule has 2 N–H and O–H groups in total. The predicted molar refractivity (Wildman–Crippen MR) is 105 cm³/mol. The maximum absolute atomic E-state index is 12.5. The van der Waals surface area contributed by atoms with Crippen molar-refractivity contribution < 1.29 is 23.0 Å². The largest absolute Gasteiger partial charge is 0.490 e. The fourth-order valence-electron chi connectivity index (χ4n) is 2.62. The van der Waals surface area contributed by atoms with Gasteiger partial charge in [-0.15, -0.1) is 0 Å². The van der Waals surface area contributed by atoms with E-state index < -0.39 is 6.61 Å². The predicted octanol–water partition coefficient (Wildman–Crippen LogP) is 4.89. The summed E-state index contributed by atoms with van der Waals surface area (Å²) in [6.07, 6.45) is 0.435. The van der Waals surface area contributed by atoms with Gasteiger partial charge in [-0.25, -0.2) is 0 Å². The van der Waals surface area contributed by atoms with Crippen LogP contribution in [0.2, 0.25) is 0 Å². The van der Waals surface area contributed by atoms with Crippen LogP contribution in [0.4, 0.5) is 14.5 Å². The monoisotopic (exact) mass is 392 g/mol. The van der Waals surface area contributed by atoms with Gasteiger partial charge in [0.05, 0.1) is 6.61 Å². The topological polar surface area (TPSA) is 59.6 Å². The Morgan fingerprint density at radius 2 is 1.79 bits per heavy atom. The highest BCUT2D eigenvalue weighted by Crippen LogP contribution is 2.30. The van der Waals surface area contributed by atoms with Crippen molar-refractivity contribution in [3.63, 3.8) is 0 Å². The number of hydrogen-bond donors (Lipinski definition) is 2. The molecule has 1 amide bonds. The quantitative estimate of drug-likeness (QED) is 0.605. The van der Waals surface area contributed by atoms with Gasteiger partial charge in [0, 0.05) is 24.7 Å². The van der Waals surface area contributed by atoms with Crippen LogP contribution < -0.4 is 20.1 Å². The Kier molecular flexibility index (Phi) is 8.19. The highest BCUT2D eigenvalue weighted by Gasteiger charge is 2.12. The number of rotatable bonds is 10. The summed E-state index contributed by atoms with van der Waals surface area (Å²) < 4.78 is 34.9. The standard InChI is InChI=1S/C21H26F2N2O3/c1-4-20(26)25-17-9-7-16(8-10-17)14(3)24-13-15-6-11-18(28-21(22)23)19(12-15)27-5-2/h6-12,14,21,24H,4-5,13H2,1-3H3,(H,25,26). The van der Waals surface area contributed by atoms with E-state index in [0.717, 1.165) is 16.8 Å². The van der Waals surface area contributed by atoms with E-state index in [-0.39, 0.29) is 17.7 Å². The Bertz CT molecular complexity index is 767. The van der Waals surface area contributed by atoms with Crippen molar-refractivity contribution in [2.45, 2.75) is 46.4 Å². The second kappa shape index (κ2) is 10.6. The molecule has 0 spiro atoms. The summed E-state index contributed by atoms with van der Waals surface area (Å²) >= 11 is 0. The van der Waals surface area contributed by atoms with Crippen LogP contribution in [-0.2, 0) is 11.3 Å². The molecule has 0 aliphatic heterocycles. The molecule has 2 rings (SSSR count). The lowest BCUT2D eigenvalue weighted by molar-refractivity contribution is -0.115. The fraction of sp³-hybridized carbons (Fsp3) is 0.381. The zero-order valence-corrected chi connectivity index (χ0v) is 16.3. The molecule has 0 fully saturated rings. The van der Waals surface area contributed by atoms with Crippen LogP contribution in [-0.4, -0.2) is 19.1 Å². The minimum Gasteiger partial charge on any atom is -0.490 e. The first-order chi connectivity index (χ1) is 13.4. The highest BCUT2D eigenvalue weighted by molar-refractivity contribution is 5.90. The van der Waals surface area contributed by atoms with Gasteiger partial charge in [-0.3, -0.25) is 4.79 Å². The number of anilines is 1. The molecule has 1 atom stereocenters. The molecule has 0 radical (unpaired) electrons. The van der Waals surface area contributed by atoms with Gasteiger partial charge >= 0.3 is 6.61 Å². The fourth-order valence-corrected chi connectivity index (χ4v) is 2.62. The molecule has 0 saturated carbocycles. The number of halogens is 2. The van der Waals surface area contributed by atoms with Crippen LogP contribution in [0.25, 0.3) is 0 Å². The normalized spacial score (nSPS) is 11.9. The summed E-state index contributed by atoms with van der Waals surface area (Å²) in [7, 11) is 0. The molecule has 0 saturated heterocycles. The highest BCUT2D eigenvalue weighted by atomic mass is 19.3. The Morgan fingerprint density at radius 1 is 1.07 bits per heavy atom. The van der Waals surface area contributed by atoms with Crippen molar-refractivity contribution in [2.24, 2.45) is 0 Å². The van der Waals surface area contributed by atoms with Crippen molar-refractivity contribution in [3.8, 4) is 11.5 Å². The van der Waals surface area contributed by atoms with Crippen LogP contribution in [0.15, 0.2) is 42.5 Å². The molecule has 5 nitrogen and oxygen atoms in total. The molecule has 152 valence electrons. The van der Waals surface area contributed by atoms with Gasteiger partial charge in [-0.2, -0.15) is 8.78 Å². The minimum atomic E-state index is -2.90. The van der Waals surface area contributed by atoms with Gasteiger partial charge in [0.15, 0.2) is 11.5 Å². The van der Waals surface area contributed by atoms with Crippen LogP contribution >= 0.6 is 0 Å². The van der Waals surface area contributed by atoms with Crippen LogP contribution in [0.1, 0.15) is 44.4 Å². The average Bonchev–Trinajstić information content (AvgIpc) is 2.68. The molecule has 0 aromatic heterocycles. The third kappa shape index (κ3) is 6.49. The van der Waals surface area contributed by atoms with E-state index in [2.05, 4.69) is 15.4 Å². The first-order valence-electron chi connectivity index (χ1n) is 9.26. The van der Waals surface area contributed by atoms with E-state index in [1.807, 2.05) is 31.2 Å². The van der Waals surface area contributed by atoms with Crippen molar-refractivity contribution in [1.29, 1.82) is 0 Å². The average molecular weight is 392 g/mol. The molecule has 2 aromatic rings. The number of hydrogen-bond acceptors (Lipinski definition) is 4. The number of carbonyl (C=O) groups excluding carboxylic acids is 1. The van der Waals surface area contributed by atoms with Gasteiger partial charge in [-0.1, -0.05) is 25.1 Å². The Labute approximate surface area is 164 Å². The van der Waals surface area contributed by atoms with Crippen molar-refractivity contribution in [2.75, 3.05) is 11.9 Å². The van der Waals surface area contributed by atoms with Gasteiger partial charge < -0.3 is 20.1 Å². The summed E-state index contributed by atoms with van der Waals surface area (Å²) in [5.74, 6) is 0.299. The van der Waals surface area contributed by atoms with E-state index in [1.54, 1.807) is 26.0 Å². The lowest BCUT2D eigenvalue weighted by Crippen LogP contribution is -2.18. The molecule has 2 aromatic carbocycles. The van der Waals surface area contributed by atoms with Crippen LogP contribution in [0, 0.1) is 0 Å². The molecule has 1 unspecified atom stereocenters. The molecule has 7 heteroatoms. The summed E-state index contributed by atoms with van der Waals surface area (Å²) in [4.78, 5) is 11.4. The van der Waals surface area contributed by atoms with Crippen LogP contribution in [0.3, 0.4) is 0 Å². The minimum absolute atomic E-state index is 0.0247. The van der Waals surface area contributed by atoms with Gasteiger partial charge in [-0.05, 0) is 49.2 Å². The van der Waals surface area contributed by atoms with Crippen molar-refractivity contribution >= 4 is 11.6 Å². The lowest BCUT2D eigenvalue weighted by atomic mass is 10.1. The van der Waals surface area contributed by atoms with Gasteiger partial charge in [0.1, 0.15) is 0 Å². The maximum Gasteiger partial charge on any atom is 0.387 e. The number of nitrogens with one attached hydrogen (secondary N) is 2. The second-order valence-electron chi connectivity index (χ2n) is 6.22. The van der Waals surface area contributed by atoms with E-state index in [1.165, 1.54) is 6.07 Å². The first kappa shape index (κ1) is 21.6. The number of alkyl halides is 2. The van der Waals surface area contributed by atoms with Gasteiger partial charge in [0.25, 0.3) is 0 Å². The Morgan fingerprint density at radius 3 is 2.39 bits per heavy atom. The van der Waals surface area contributed by atoms with Gasteiger partial charge in [0.2, 0.25) is 5.91 Å². The Balaban J connectivity index is 1.98. The van der Waals surface area contributed by atoms with E-state index in [9.17, 15) is 13.6 Å². The lowest BCUT2D eigenvalue weighted by Gasteiger charge is -2.17.